The number of hydrogen-bond donors (Lipinski definition) is 2. The highest BCUT2D eigenvalue weighted by molar-refractivity contribution is 5.85. The van der Waals surface area contributed by atoms with Gasteiger partial charge in [0, 0.05) is 31.9 Å². The van der Waals surface area contributed by atoms with E-state index in [-0.39, 0.29) is 36.6 Å². The largest absolute Gasteiger partial charge is 0.381 e. The van der Waals surface area contributed by atoms with E-state index >= 15 is 0 Å². The molecule has 0 spiro atoms. The van der Waals surface area contributed by atoms with E-state index in [2.05, 4.69) is 5.32 Å². The summed E-state index contributed by atoms with van der Waals surface area (Å²) in [7, 11) is 0. The van der Waals surface area contributed by atoms with E-state index in [0.717, 1.165) is 0 Å². The molecule has 23 heavy (non-hydrogen) atoms. The van der Waals surface area contributed by atoms with E-state index in [1.54, 1.807) is 19.1 Å². The molecule has 1 aromatic rings. The van der Waals surface area contributed by atoms with Gasteiger partial charge in [-0.2, -0.15) is 0 Å². The number of nitrogens with two attached hydrogens (primary N) is 1. The van der Waals surface area contributed by atoms with Crippen molar-refractivity contribution in [3.8, 4) is 0 Å². The minimum atomic E-state index is -0.604. The lowest BCUT2D eigenvalue weighted by Gasteiger charge is -2.35. The van der Waals surface area contributed by atoms with Crippen molar-refractivity contribution in [2.45, 2.75) is 25.8 Å². The standard InChI is InChI=1S/C15H21N3O4.ClH/c1-11(12-3-2-4-13(9-12)18(20)21)17-14(19)15(10-16)5-7-22-8-6-15;/h2-4,9,11H,5-8,10,16H2,1H3,(H,17,19);1H. The Balaban J connectivity index is 0.00000264. The first-order chi connectivity index (χ1) is 10.5. The maximum Gasteiger partial charge on any atom is 0.269 e. The van der Waals surface area contributed by atoms with Gasteiger partial charge in [-0.15, -0.1) is 12.4 Å². The number of ether oxygens (including phenoxy) is 1. The lowest BCUT2D eigenvalue weighted by molar-refractivity contribution is -0.384. The van der Waals surface area contributed by atoms with Crippen LogP contribution >= 0.6 is 12.4 Å². The molecule has 0 aliphatic carbocycles. The van der Waals surface area contributed by atoms with Crippen LogP contribution in [0.4, 0.5) is 5.69 Å². The number of carbonyl (C=O) groups is 1. The zero-order chi connectivity index (χ0) is 16.2. The number of carbonyl (C=O) groups excluding carboxylic acids is 1. The second-order valence-corrected chi connectivity index (χ2v) is 5.64. The third-order valence-corrected chi connectivity index (χ3v) is 4.25. The first-order valence-electron chi connectivity index (χ1n) is 7.32. The molecule has 1 aliphatic heterocycles. The molecular formula is C15H22ClN3O4. The van der Waals surface area contributed by atoms with Crippen LogP contribution < -0.4 is 11.1 Å². The Bertz CT molecular complexity index is 561. The molecule has 8 heteroatoms. The Kier molecular flexibility index (Phi) is 6.93. The van der Waals surface area contributed by atoms with Crippen LogP contribution in [0.5, 0.6) is 0 Å². The van der Waals surface area contributed by atoms with Crippen LogP contribution in [0.15, 0.2) is 24.3 Å². The number of amides is 1. The van der Waals surface area contributed by atoms with Crippen molar-refractivity contribution in [3.05, 3.63) is 39.9 Å². The van der Waals surface area contributed by atoms with Crippen molar-refractivity contribution in [1.82, 2.24) is 5.32 Å². The predicted octanol–water partition coefficient (Wildman–Crippen LogP) is 1.95. The van der Waals surface area contributed by atoms with Gasteiger partial charge in [0.15, 0.2) is 0 Å². The van der Waals surface area contributed by atoms with Gasteiger partial charge in [-0.1, -0.05) is 12.1 Å². The van der Waals surface area contributed by atoms with Gasteiger partial charge in [0.1, 0.15) is 0 Å². The molecule has 1 atom stereocenters. The molecule has 3 N–H and O–H groups in total. The second kappa shape index (κ2) is 8.24. The summed E-state index contributed by atoms with van der Waals surface area (Å²) in [5.74, 6) is -0.114. The number of rotatable bonds is 5. The summed E-state index contributed by atoms with van der Waals surface area (Å²) in [5.41, 5.74) is 5.92. The molecular weight excluding hydrogens is 322 g/mol. The zero-order valence-electron chi connectivity index (χ0n) is 13.0. The van der Waals surface area contributed by atoms with Crippen LogP contribution in [0.3, 0.4) is 0 Å². The molecule has 0 bridgehead atoms. The average Bonchev–Trinajstić information content (AvgIpc) is 2.55. The summed E-state index contributed by atoms with van der Waals surface area (Å²) >= 11 is 0. The summed E-state index contributed by atoms with van der Waals surface area (Å²) in [6.45, 7) is 3.12. The van der Waals surface area contributed by atoms with Crippen LogP contribution in [0.1, 0.15) is 31.4 Å². The van der Waals surface area contributed by atoms with Crippen molar-refractivity contribution in [1.29, 1.82) is 0 Å². The fourth-order valence-corrected chi connectivity index (χ4v) is 2.63. The SMILES string of the molecule is CC(NC(=O)C1(CN)CCOCC1)c1cccc([N+](=O)[O-])c1.Cl. The quantitative estimate of drug-likeness (QED) is 0.627. The molecule has 1 aliphatic rings. The molecule has 2 rings (SSSR count). The van der Waals surface area contributed by atoms with E-state index in [9.17, 15) is 14.9 Å². The van der Waals surface area contributed by atoms with Gasteiger partial charge >= 0.3 is 0 Å². The number of hydrogen-bond acceptors (Lipinski definition) is 5. The average molecular weight is 344 g/mol. The van der Waals surface area contributed by atoms with E-state index in [0.29, 0.717) is 31.6 Å². The Morgan fingerprint density at radius 1 is 1.48 bits per heavy atom. The van der Waals surface area contributed by atoms with Gasteiger partial charge < -0.3 is 15.8 Å². The molecule has 1 aromatic carbocycles. The summed E-state index contributed by atoms with van der Waals surface area (Å²) in [5, 5.41) is 13.8. The maximum absolute atomic E-state index is 12.6. The van der Waals surface area contributed by atoms with Crippen molar-refractivity contribution in [2.24, 2.45) is 11.1 Å². The highest BCUT2D eigenvalue weighted by Gasteiger charge is 2.39. The number of nitrogens with one attached hydrogen (secondary N) is 1. The van der Waals surface area contributed by atoms with Gasteiger partial charge in [-0.25, -0.2) is 0 Å². The zero-order valence-corrected chi connectivity index (χ0v) is 13.8. The Hall–Kier alpha value is -1.70. The molecule has 1 heterocycles. The summed E-state index contributed by atoms with van der Waals surface area (Å²) in [4.78, 5) is 23.0. The number of non-ortho nitro benzene ring substituents is 1. The fraction of sp³-hybridized carbons (Fsp3) is 0.533. The lowest BCUT2D eigenvalue weighted by atomic mass is 9.79. The number of halogens is 1. The van der Waals surface area contributed by atoms with Crippen LogP contribution in [0, 0.1) is 15.5 Å². The van der Waals surface area contributed by atoms with Crippen LogP contribution in [0.25, 0.3) is 0 Å². The van der Waals surface area contributed by atoms with Crippen molar-refractivity contribution in [3.63, 3.8) is 0 Å². The second-order valence-electron chi connectivity index (χ2n) is 5.64. The number of nitro groups is 1. The summed E-state index contributed by atoms with van der Waals surface area (Å²) in [6, 6.07) is 5.96. The monoisotopic (exact) mass is 343 g/mol. The minimum absolute atomic E-state index is 0. The molecule has 0 aromatic heterocycles. The van der Waals surface area contributed by atoms with E-state index in [4.69, 9.17) is 10.5 Å². The number of nitro benzene ring substituents is 1. The van der Waals surface area contributed by atoms with Gasteiger partial charge in [-0.3, -0.25) is 14.9 Å². The minimum Gasteiger partial charge on any atom is -0.381 e. The van der Waals surface area contributed by atoms with Gasteiger partial charge in [0.25, 0.3) is 5.69 Å². The molecule has 0 saturated carbocycles. The lowest BCUT2D eigenvalue weighted by Crippen LogP contribution is -2.49. The van der Waals surface area contributed by atoms with Gasteiger partial charge in [0.2, 0.25) is 5.91 Å². The maximum atomic E-state index is 12.6. The molecule has 1 saturated heterocycles. The Morgan fingerprint density at radius 2 is 2.13 bits per heavy atom. The third-order valence-electron chi connectivity index (χ3n) is 4.25. The predicted molar refractivity (Wildman–Crippen MR) is 88.4 cm³/mol. The van der Waals surface area contributed by atoms with E-state index in [1.807, 2.05) is 0 Å². The van der Waals surface area contributed by atoms with Crippen molar-refractivity contribution >= 4 is 24.0 Å². The highest BCUT2D eigenvalue weighted by atomic mass is 35.5. The van der Waals surface area contributed by atoms with Crippen molar-refractivity contribution < 1.29 is 14.5 Å². The topological polar surface area (TPSA) is 107 Å². The van der Waals surface area contributed by atoms with Crippen molar-refractivity contribution in [2.75, 3.05) is 19.8 Å². The summed E-state index contributed by atoms with van der Waals surface area (Å²) < 4.78 is 5.30. The molecule has 0 radical (unpaired) electrons. The number of nitrogens with zero attached hydrogens (tertiary/aromatic N) is 1. The molecule has 1 amide bonds. The Morgan fingerprint density at radius 3 is 2.70 bits per heavy atom. The molecule has 128 valence electrons. The number of benzene rings is 1. The van der Waals surface area contributed by atoms with E-state index < -0.39 is 10.3 Å². The highest BCUT2D eigenvalue weighted by Crippen LogP contribution is 2.30. The fourth-order valence-electron chi connectivity index (χ4n) is 2.63. The normalized spacial score (nSPS) is 17.7. The van der Waals surface area contributed by atoms with Crippen LogP contribution in [0.2, 0.25) is 0 Å². The first-order valence-corrected chi connectivity index (χ1v) is 7.32. The summed E-state index contributed by atoms with van der Waals surface area (Å²) in [6.07, 6.45) is 1.19. The molecule has 1 fully saturated rings. The molecule has 1 unspecified atom stereocenters. The van der Waals surface area contributed by atoms with E-state index in [1.165, 1.54) is 12.1 Å². The van der Waals surface area contributed by atoms with Crippen LogP contribution in [-0.4, -0.2) is 30.6 Å². The van der Waals surface area contributed by atoms with Crippen LogP contribution in [-0.2, 0) is 9.53 Å². The van der Waals surface area contributed by atoms with Gasteiger partial charge in [-0.05, 0) is 25.3 Å². The smallest absolute Gasteiger partial charge is 0.269 e. The van der Waals surface area contributed by atoms with Gasteiger partial charge in [0.05, 0.1) is 16.4 Å². The molecule has 7 nitrogen and oxygen atoms in total. The Labute approximate surface area is 141 Å². The third kappa shape index (κ3) is 4.40. The first kappa shape index (κ1) is 19.3.